The van der Waals surface area contributed by atoms with Crippen LogP contribution in [0.2, 0.25) is 0 Å². The van der Waals surface area contributed by atoms with Gasteiger partial charge < -0.3 is 4.42 Å². The molecule has 0 unspecified atom stereocenters. The summed E-state index contributed by atoms with van der Waals surface area (Å²) in [6.07, 6.45) is 5.77. The summed E-state index contributed by atoms with van der Waals surface area (Å²) in [6, 6.07) is 9.87. The van der Waals surface area contributed by atoms with Crippen LogP contribution in [0.25, 0.3) is 11.5 Å². The monoisotopic (exact) mass is 324 g/mol. The van der Waals surface area contributed by atoms with Gasteiger partial charge in [0.15, 0.2) is 0 Å². The van der Waals surface area contributed by atoms with Crippen molar-refractivity contribution >= 4 is 0 Å². The minimum Gasteiger partial charge on any atom is -0.419 e. The molecule has 0 bridgehead atoms. The van der Waals surface area contributed by atoms with Crippen LogP contribution in [0.4, 0.5) is 0 Å². The van der Waals surface area contributed by atoms with Crippen LogP contribution in [0.15, 0.2) is 47.4 Å². The highest BCUT2D eigenvalue weighted by molar-refractivity contribution is 5.51. The van der Waals surface area contributed by atoms with Gasteiger partial charge in [-0.15, -0.1) is 10.2 Å². The Morgan fingerprint density at radius 1 is 1.17 bits per heavy atom. The third kappa shape index (κ3) is 3.51. The van der Waals surface area contributed by atoms with E-state index in [2.05, 4.69) is 25.2 Å². The SMILES string of the molecule is c1ccc(-c2nnc(CN3CCC[C@@H](Cn4cncn4)C3)o2)cc1. The highest BCUT2D eigenvalue weighted by atomic mass is 16.4. The summed E-state index contributed by atoms with van der Waals surface area (Å²) < 4.78 is 7.73. The molecule has 0 N–H and O–H groups in total. The molecule has 4 rings (SSSR count). The lowest BCUT2D eigenvalue weighted by Crippen LogP contribution is -2.36. The summed E-state index contributed by atoms with van der Waals surface area (Å²) >= 11 is 0. The summed E-state index contributed by atoms with van der Waals surface area (Å²) in [7, 11) is 0. The highest BCUT2D eigenvalue weighted by Gasteiger charge is 2.22. The molecule has 7 heteroatoms. The number of piperidine rings is 1. The maximum absolute atomic E-state index is 5.82. The van der Waals surface area contributed by atoms with E-state index in [1.165, 1.54) is 12.8 Å². The van der Waals surface area contributed by atoms with Gasteiger partial charge in [-0.1, -0.05) is 18.2 Å². The first-order valence-electron chi connectivity index (χ1n) is 8.29. The number of nitrogens with zero attached hydrogens (tertiary/aromatic N) is 6. The highest BCUT2D eigenvalue weighted by Crippen LogP contribution is 2.21. The zero-order valence-electron chi connectivity index (χ0n) is 13.5. The standard InChI is InChI=1S/C17H20N6O/c1-2-6-15(7-3-1)17-21-20-16(24-17)11-22-8-4-5-14(9-22)10-23-13-18-12-19-23/h1-3,6-7,12-14H,4-5,8-11H2/t14-/m1/s1. The largest absolute Gasteiger partial charge is 0.419 e. The average molecular weight is 324 g/mol. The molecule has 1 aliphatic heterocycles. The Labute approximate surface area is 140 Å². The van der Waals surface area contributed by atoms with E-state index in [1.807, 2.05) is 35.0 Å². The fourth-order valence-corrected chi connectivity index (χ4v) is 3.24. The van der Waals surface area contributed by atoms with E-state index in [0.29, 0.717) is 24.2 Å². The van der Waals surface area contributed by atoms with Crippen LogP contribution in [0.5, 0.6) is 0 Å². The molecule has 24 heavy (non-hydrogen) atoms. The average Bonchev–Trinajstić information content (AvgIpc) is 3.28. The molecule has 3 heterocycles. The summed E-state index contributed by atoms with van der Waals surface area (Å²) in [4.78, 5) is 6.39. The van der Waals surface area contributed by atoms with Crippen molar-refractivity contribution < 1.29 is 4.42 Å². The predicted molar refractivity (Wildman–Crippen MR) is 87.8 cm³/mol. The number of rotatable bonds is 5. The van der Waals surface area contributed by atoms with Crippen molar-refractivity contribution in [2.45, 2.75) is 25.9 Å². The number of aromatic nitrogens is 5. The maximum Gasteiger partial charge on any atom is 0.247 e. The third-order valence-electron chi connectivity index (χ3n) is 4.36. The lowest BCUT2D eigenvalue weighted by molar-refractivity contribution is 0.142. The topological polar surface area (TPSA) is 72.9 Å². The van der Waals surface area contributed by atoms with Crippen LogP contribution in [-0.2, 0) is 13.1 Å². The molecule has 1 saturated heterocycles. The van der Waals surface area contributed by atoms with Crippen LogP contribution >= 0.6 is 0 Å². The lowest BCUT2D eigenvalue weighted by Gasteiger charge is -2.31. The Balaban J connectivity index is 1.37. The molecule has 1 fully saturated rings. The van der Waals surface area contributed by atoms with Gasteiger partial charge in [-0.2, -0.15) is 5.10 Å². The number of hydrogen-bond donors (Lipinski definition) is 0. The van der Waals surface area contributed by atoms with Gasteiger partial charge in [-0.25, -0.2) is 4.98 Å². The second kappa shape index (κ2) is 6.92. The Morgan fingerprint density at radius 3 is 2.92 bits per heavy atom. The van der Waals surface area contributed by atoms with E-state index < -0.39 is 0 Å². The zero-order valence-corrected chi connectivity index (χ0v) is 13.5. The van der Waals surface area contributed by atoms with Crippen molar-refractivity contribution in [3.8, 4) is 11.5 Å². The summed E-state index contributed by atoms with van der Waals surface area (Å²) in [5, 5.41) is 12.6. The molecule has 1 aromatic carbocycles. The van der Waals surface area contributed by atoms with Gasteiger partial charge in [0.25, 0.3) is 0 Å². The number of likely N-dealkylation sites (tertiary alicyclic amines) is 1. The minimum absolute atomic E-state index is 0.581. The van der Waals surface area contributed by atoms with E-state index >= 15 is 0 Å². The number of hydrogen-bond acceptors (Lipinski definition) is 6. The molecule has 0 aliphatic carbocycles. The normalized spacial score (nSPS) is 18.8. The number of benzene rings is 1. The van der Waals surface area contributed by atoms with Gasteiger partial charge in [-0.3, -0.25) is 9.58 Å². The van der Waals surface area contributed by atoms with Crippen LogP contribution in [-0.4, -0.2) is 43.0 Å². The van der Waals surface area contributed by atoms with E-state index in [-0.39, 0.29) is 0 Å². The van der Waals surface area contributed by atoms with Crippen LogP contribution in [0.3, 0.4) is 0 Å². The summed E-state index contributed by atoms with van der Waals surface area (Å²) in [5.41, 5.74) is 0.957. The van der Waals surface area contributed by atoms with Crippen molar-refractivity contribution in [3.63, 3.8) is 0 Å². The Kier molecular flexibility index (Phi) is 4.33. The van der Waals surface area contributed by atoms with E-state index in [0.717, 1.165) is 25.2 Å². The fraction of sp³-hybridized carbons (Fsp3) is 0.412. The van der Waals surface area contributed by atoms with Crippen molar-refractivity contribution in [3.05, 3.63) is 48.9 Å². The van der Waals surface area contributed by atoms with Gasteiger partial charge in [0.05, 0.1) is 6.54 Å². The smallest absolute Gasteiger partial charge is 0.247 e. The second-order valence-electron chi connectivity index (χ2n) is 6.23. The molecule has 3 aromatic rings. The quantitative estimate of drug-likeness (QED) is 0.716. The molecule has 2 aromatic heterocycles. The first-order chi connectivity index (χ1) is 11.9. The van der Waals surface area contributed by atoms with Crippen molar-refractivity contribution in [1.82, 2.24) is 29.9 Å². The molecule has 124 valence electrons. The maximum atomic E-state index is 5.82. The minimum atomic E-state index is 0.581. The molecule has 1 aliphatic rings. The van der Waals surface area contributed by atoms with Gasteiger partial charge in [0, 0.05) is 18.7 Å². The molecular weight excluding hydrogens is 304 g/mol. The van der Waals surface area contributed by atoms with Gasteiger partial charge in [0.2, 0.25) is 11.8 Å². The predicted octanol–water partition coefficient (Wildman–Crippen LogP) is 2.24. The first-order valence-corrected chi connectivity index (χ1v) is 8.29. The summed E-state index contributed by atoms with van der Waals surface area (Å²) in [5.74, 6) is 1.84. The van der Waals surface area contributed by atoms with Crippen molar-refractivity contribution in [1.29, 1.82) is 0 Å². The van der Waals surface area contributed by atoms with Crippen LogP contribution in [0, 0.1) is 5.92 Å². The Hall–Kier alpha value is -2.54. The third-order valence-corrected chi connectivity index (χ3v) is 4.36. The first kappa shape index (κ1) is 15.0. The van der Waals surface area contributed by atoms with E-state index in [1.54, 1.807) is 12.7 Å². The Morgan fingerprint density at radius 2 is 2.08 bits per heavy atom. The van der Waals surface area contributed by atoms with Gasteiger partial charge in [0.1, 0.15) is 12.7 Å². The fourth-order valence-electron chi connectivity index (χ4n) is 3.24. The van der Waals surface area contributed by atoms with Crippen molar-refractivity contribution in [2.24, 2.45) is 5.92 Å². The molecule has 0 amide bonds. The van der Waals surface area contributed by atoms with E-state index in [9.17, 15) is 0 Å². The van der Waals surface area contributed by atoms with Crippen LogP contribution in [0.1, 0.15) is 18.7 Å². The molecule has 7 nitrogen and oxygen atoms in total. The van der Waals surface area contributed by atoms with Gasteiger partial charge >= 0.3 is 0 Å². The van der Waals surface area contributed by atoms with E-state index in [4.69, 9.17) is 4.42 Å². The molecule has 0 saturated carbocycles. The zero-order chi connectivity index (χ0) is 16.2. The summed E-state index contributed by atoms with van der Waals surface area (Å²) in [6.45, 7) is 3.70. The van der Waals surface area contributed by atoms with Gasteiger partial charge in [-0.05, 0) is 37.4 Å². The lowest BCUT2D eigenvalue weighted by atomic mass is 9.98. The molecule has 1 atom stereocenters. The van der Waals surface area contributed by atoms with Crippen LogP contribution < -0.4 is 0 Å². The molecular formula is C17H20N6O. The molecule has 0 spiro atoms. The van der Waals surface area contributed by atoms with Crippen molar-refractivity contribution in [2.75, 3.05) is 13.1 Å². The second-order valence-corrected chi connectivity index (χ2v) is 6.23. The molecule has 0 radical (unpaired) electrons. The Bertz CT molecular complexity index is 755.